The molecule has 1 aromatic carbocycles. The average Bonchev–Trinajstić information content (AvgIpc) is 2.92. The molecule has 0 bridgehead atoms. The van der Waals surface area contributed by atoms with Gasteiger partial charge in [-0.05, 0) is 43.4 Å². The van der Waals surface area contributed by atoms with Crippen molar-refractivity contribution in [3.05, 3.63) is 46.6 Å². The van der Waals surface area contributed by atoms with Crippen LogP contribution in [0.1, 0.15) is 29.1 Å². The standard InChI is InChI=1S/C17H17N3S2/c18-16-15-12-8-4-5-9-13(12)22-17(15)20-14(19-16)10-21-11-6-2-1-3-7-11/h1-3,6-7H,4-5,8-10H2,(H2,18,19,20). The van der Waals surface area contributed by atoms with Gasteiger partial charge in [0.2, 0.25) is 0 Å². The fourth-order valence-electron chi connectivity index (χ4n) is 2.96. The van der Waals surface area contributed by atoms with Gasteiger partial charge in [-0.1, -0.05) is 18.2 Å². The van der Waals surface area contributed by atoms with Gasteiger partial charge in [0.1, 0.15) is 16.5 Å². The maximum Gasteiger partial charge on any atom is 0.142 e. The van der Waals surface area contributed by atoms with E-state index in [2.05, 4.69) is 17.1 Å². The highest BCUT2D eigenvalue weighted by Gasteiger charge is 2.19. The van der Waals surface area contributed by atoms with Crippen LogP contribution in [0, 0.1) is 0 Å². The normalized spacial score (nSPS) is 14.2. The smallest absolute Gasteiger partial charge is 0.142 e. The number of aryl methyl sites for hydroxylation is 2. The second-order valence-electron chi connectivity index (χ2n) is 5.52. The molecule has 5 heteroatoms. The summed E-state index contributed by atoms with van der Waals surface area (Å²) in [5.74, 6) is 2.25. The number of nitrogen functional groups attached to an aromatic ring is 1. The number of thiophene rings is 1. The molecule has 1 aliphatic carbocycles. The van der Waals surface area contributed by atoms with Crippen LogP contribution in [-0.4, -0.2) is 9.97 Å². The van der Waals surface area contributed by atoms with Crippen molar-refractivity contribution in [1.29, 1.82) is 0 Å². The van der Waals surface area contributed by atoms with Gasteiger partial charge >= 0.3 is 0 Å². The first-order valence-electron chi connectivity index (χ1n) is 7.56. The van der Waals surface area contributed by atoms with E-state index in [4.69, 9.17) is 10.7 Å². The van der Waals surface area contributed by atoms with E-state index in [-0.39, 0.29) is 0 Å². The van der Waals surface area contributed by atoms with E-state index in [9.17, 15) is 0 Å². The summed E-state index contributed by atoms with van der Waals surface area (Å²) in [7, 11) is 0. The van der Waals surface area contributed by atoms with Crippen molar-refractivity contribution < 1.29 is 0 Å². The Balaban J connectivity index is 1.65. The molecule has 0 aliphatic heterocycles. The fourth-order valence-corrected chi connectivity index (χ4v) is 5.02. The maximum atomic E-state index is 6.24. The number of rotatable bonds is 3. The molecule has 4 rings (SSSR count). The Hall–Kier alpha value is -1.59. The third kappa shape index (κ3) is 2.59. The van der Waals surface area contributed by atoms with Gasteiger partial charge in [-0.25, -0.2) is 9.97 Å². The highest BCUT2D eigenvalue weighted by Crippen LogP contribution is 2.38. The van der Waals surface area contributed by atoms with E-state index in [0.29, 0.717) is 5.82 Å². The van der Waals surface area contributed by atoms with Crippen LogP contribution < -0.4 is 5.73 Å². The quantitative estimate of drug-likeness (QED) is 0.722. The van der Waals surface area contributed by atoms with Crippen LogP contribution in [0.4, 0.5) is 5.82 Å². The Labute approximate surface area is 138 Å². The lowest BCUT2D eigenvalue weighted by Gasteiger charge is -2.10. The van der Waals surface area contributed by atoms with Gasteiger partial charge in [-0.15, -0.1) is 23.1 Å². The number of fused-ring (bicyclic) bond motifs is 3. The van der Waals surface area contributed by atoms with E-state index in [1.54, 1.807) is 11.8 Å². The second kappa shape index (κ2) is 5.89. The first kappa shape index (κ1) is 14.0. The minimum absolute atomic E-state index is 0.660. The summed E-state index contributed by atoms with van der Waals surface area (Å²) in [6, 6.07) is 10.3. The molecular weight excluding hydrogens is 310 g/mol. The van der Waals surface area contributed by atoms with Crippen molar-refractivity contribution in [3.63, 3.8) is 0 Å². The van der Waals surface area contributed by atoms with E-state index in [1.807, 2.05) is 29.5 Å². The number of benzene rings is 1. The van der Waals surface area contributed by atoms with Crippen molar-refractivity contribution in [3.8, 4) is 0 Å². The molecule has 0 spiro atoms. The van der Waals surface area contributed by atoms with Crippen LogP contribution in [-0.2, 0) is 18.6 Å². The molecule has 0 fully saturated rings. The summed E-state index contributed by atoms with van der Waals surface area (Å²) in [5.41, 5.74) is 7.65. The van der Waals surface area contributed by atoms with E-state index < -0.39 is 0 Å². The molecule has 22 heavy (non-hydrogen) atoms. The van der Waals surface area contributed by atoms with Crippen LogP contribution in [0.3, 0.4) is 0 Å². The average molecular weight is 327 g/mol. The molecule has 0 unspecified atom stereocenters. The summed E-state index contributed by atoms with van der Waals surface area (Å²) in [4.78, 5) is 13.1. The second-order valence-corrected chi connectivity index (χ2v) is 7.65. The number of hydrogen-bond donors (Lipinski definition) is 1. The molecule has 2 aromatic heterocycles. The summed E-state index contributed by atoms with van der Waals surface area (Å²) >= 11 is 3.56. The lowest BCUT2D eigenvalue weighted by molar-refractivity contribution is 0.700. The first-order chi connectivity index (χ1) is 10.8. The Morgan fingerprint density at radius 1 is 1.09 bits per heavy atom. The number of aromatic nitrogens is 2. The number of hydrogen-bond acceptors (Lipinski definition) is 5. The Kier molecular flexibility index (Phi) is 3.76. The molecule has 0 saturated heterocycles. The molecule has 112 valence electrons. The van der Waals surface area contributed by atoms with Crippen molar-refractivity contribution in [2.75, 3.05) is 5.73 Å². The van der Waals surface area contributed by atoms with E-state index >= 15 is 0 Å². The zero-order valence-corrected chi connectivity index (χ0v) is 13.8. The molecule has 0 atom stereocenters. The van der Waals surface area contributed by atoms with Gasteiger partial charge in [-0.3, -0.25) is 0 Å². The van der Waals surface area contributed by atoms with Gasteiger partial charge in [0.05, 0.1) is 11.1 Å². The summed E-state index contributed by atoms with van der Waals surface area (Å²) < 4.78 is 0. The van der Waals surface area contributed by atoms with Crippen molar-refractivity contribution in [2.24, 2.45) is 0 Å². The first-order valence-corrected chi connectivity index (χ1v) is 9.36. The largest absolute Gasteiger partial charge is 0.383 e. The Morgan fingerprint density at radius 3 is 2.77 bits per heavy atom. The number of nitrogens with two attached hydrogens (primary N) is 1. The minimum atomic E-state index is 0.660. The third-order valence-electron chi connectivity index (χ3n) is 4.00. The van der Waals surface area contributed by atoms with Crippen LogP contribution >= 0.6 is 23.1 Å². The molecular formula is C17H17N3S2. The van der Waals surface area contributed by atoms with Gasteiger partial charge in [-0.2, -0.15) is 0 Å². The predicted octanol–water partition coefficient (Wildman–Crippen LogP) is 4.44. The number of thioether (sulfide) groups is 1. The number of nitrogens with zero attached hydrogens (tertiary/aromatic N) is 2. The monoisotopic (exact) mass is 327 g/mol. The molecule has 1 aliphatic rings. The lowest BCUT2D eigenvalue weighted by atomic mass is 9.97. The van der Waals surface area contributed by atoms with Gasteiger partial charge in [0.15, 0.2) is 0 Å². The molecule has 0 radical (unpaired) electrons. The topological polar surface area (TPSA) is 51.8 Å². The Morgan fingerprint density at radius 2 is 1.91 bits per heavy atom. The van der Waals surface area contributed by atoms with Gasteiger partial charge < -0.3 is 5.73 Å². The molecule has 0 saturated carbocycles. The maximum absolute atomic E-state index is 6.24. The molecule has 3 nitrogen and oxygen atoms in total. The zero-order chi connectivity index (χ0) is 14.9. The van der Waals surface area contributed by atoms with Crippen LogP contribution in [0.15, 0.2) is 35.2 Å². The van der Waals surface area contributed by atoms with E-state index in [0.717, 1.165) is 28.2 Å². The highest BCUT2D eigenvalue weighted by molar-refractivity contribution is 7.98. The predicted molar refractivity (Wildman–Crippen MR) is 94.5 cm³/mol. The summed E-state index contributed by atoms with van der Waals surface area (Å²) in [6.45, 7) is 0. The Bertz CT molecular complexity index is 812. The third-order valence-corrected chi connectivity index (χ3v) is 6.19. The number of anilines is 1. The zero-order valence-electron chi connectivity index (χ0n) is 12.2. The fraction of sp³-hybridized carbons (Fsp3) is 0.294. The highest BCUT2D eigenvalue weighted by atomic mass is 32.2. The molecule has 2 heterocycles. The minimum Gasteiger partial charge on any atom is -0.383 e. The van der Waals surface area contributed by atoms with Crippen LogP contribution in [0.5, 0.6) is 0 Å². The SMILES string of the molecule is Nc1nc(CSc2ccccc2)nc2sc3c(c12)CCCC3. The molecule has 0 amide bonds. The summed E-state index contributed by atoms with van der Waals surface area (Å²) in [6.07, 6.45) is 4.83. The lowest BCUT2D eigenvalue weighted by Crippen LogP contribution is -2.02. The van der Waals surface area contributed by atoms with Crippen LogP contribution in [0.25, 0.3) is 10.2 Å². The summed E-state index contributed by atoms with van der Waals surface area (Å²) in [5, 5.41) is 1.12. The molecule has 3 aromatic rings. The van der Waals surface area contributed by atoms with Crippen molar-refractivity contribution in [2.45, 2.75) is 36.3 Å². The molecule has 2 N–H and O–H groups in total. The van der Waals surface area contributed by atoms with Gasteiger partial charge in [0.25, 0.3) is 0 Å². The van der Waals surface area contributed by atoms with Gasteiger partial charge in [0, 0.05) is 9.77 Å². The van der Waals surface area contributed by atoms with Crippen molar-refractivity contribution in [1.82, 2.24) is 9.97 Å². The van der Waals surface area contributed by atoms with Crippen molar-refractivity contribution >= 4 is 39.1 Å². The van der Waals surface area contributed by atoms with Crippen LogP contribution in [0.2, 0.25) is 0 Å². The van der Waals surface area contributed by atoms with E-state index in [1.165, 1.54) is 34.6 Å².